The number of hydrogen-bond donors (Lipinski definition) is 1. The van der Waals surface area contributed by atoms with Crippen LogP contribution in [0, 0.1) is 6.92 Å². The van der Waals surface area contributed by atoms with Crippen molar-refractivity contribution in [2.45, 2.75) is 20.1 Å². The number of aryl methyl sites for hydroxylation is 1. The Kier molecular flexibility index (Phi) is 7.52. The molecule has 0 saturated heterocycles. The molecule has 0 aliphatic heterocycles. The summed E-state index contributed by atoms with van der Waals surface area (Å²) in [6, 6.07) is 14.1. The summed E-state index contributed by atoms with van der Waals surface area (Å²) in [4.78, 5) is 27.6. The van der Waals surface area contributed by atoms with Crippen molar-refractivity contribution in [2.24, 2.45) is 0 Å². The van der Waals surface area contributed by atoms with Gasteiger partial charge in [-0.05, 0) is 24.6 Å². The maximum Gasteiger partial charge on any atom is 0.407 e. The molecule has 0 saturated carbocycles. The van der Waals surface area contributed by atoms with Crippen molar-refractivity contribution in [1.29, 1.82) is 0 Å². The van der Waals surface area contributed by atoms with Gasteiger partial charge in [0, 0.05) is 30.2 Å². The predicted octanol–water partition coefficient (Wildman–Crippen LogP) is 5.37. The van der Waals surface area contributed by atoms with Crippen LogP contribution in [-0.4, -0.2) is 35.3 Å². The third-order valence-electron chi connectivity index (χ3n) is 5.28. The number of esters is 1. The fraction of sp³-hybridized carbons (Fsp3) is 0.192. The first-order valence-electron chi connectivity index (χ1n) is 10.9. The molecule has 0 aliphatic carbocycles. The van der Waals surface area contributed by atoms with Crippen molar-refractivity contribution in [3.8, 4) is 0 Å². The fourth-order valence-corrected chi connectivity index (χ4v) is 4.02. The fourth-order valence-electron chi connectivity index (χ4n) is 3.68. The minimum atomic E-state index is -0.617. The van der Waals surface area contributed by atoms with Crippen LogP contribution >= 0.6 is 11.6 Å². The minimum absolute atomic E-state index is 0.0332. The first kappa shape index (κ1) is 24.1. The topological polar surface area (TPSA) is 95.6 Å². The van der Waals surface area contributed by atoms with Gasteiger partial charge in [0.15, 0.2) is 5.69 Å². The first-order chi connectivity index (χ1) is 16.9. The molecule has 4 aromatic rings. The van der Waals surface area contributed by atoms with Gasteiger partial charge in [-0.3, -0.25) is 0 Å². The zero-order valence-electron chi connectivity index (χ0n) is 19.3. The Labute approximate surface area is 207 Å². The highest BCUT2D eigenvalue weighted by molar-refractivity contribution is 6.36. The lowest BCUT2D eigenvalue weighted by atomic mass is 10.1. The SMILES string of the molecule is COC(=O)NC/C=C\c1nc(C(=O)OCc2cccc3c2c(Cl)cn3Cc2cccc(C)c2)co1. The Hall–Kier alpha value is -4.04. The molecule has 9 heteroatoms. The van der Waals surface area contributed by atoms with Gasteiger partial charge in [0.2, 0.25) is 5.89 Å². The number of hydrogen-bond acceptors (Lipinski definition) is 6. The number of amides is 1. The molecule has 2 aromatic heterocycles. The van der Waals surface area contributed by atoms with E-state index in [1.54, 1.807) is 6.08 Å². The van der Waals surface area contributed by atoms with Gasteiger partial charge in [-0.15, -0.1) is 0 Å². The average molecular weight is 494 g/mol. The highest BCUT2D eigenvalue weighted by Gasteiger charge is 2.16. The second-order valence-corrected chi connectivity index (χ2v) is 8.23. The number of nitrogens with one attached hydrogen (secondary N) is 1. The van der Waals surface area contributed by atoms with Gasteiger partial charge in [0.25, 0.3) is 0 Å². The van der Waals surface area contributed by atoms with E-state index in [9.17, 15) is 9.59 Å². The molecule has 8 nitrogen and oxygen atoms in total. The summed E-state index contributed by atoms with van der Waals surface area (Å²) < 4.78 is 17.3. The Morgan fingerprint density at radius 3 is 2.86 bits per heavy atom. The number of carbonyl (C=O) groups is 2. The van der Waals surface area contributed by atoms with Crippen molar-refractivity contribution in [1.82, 2.24) is 14.9 Å². The van der Waals surface area contributed by atoms with Gasteiger partial charge in [-0.1, -0.05) is 59.6 Å². The van der Waals surface area contributed by atoms with E-state index in [0.717, 1.165) is 16.5 Å². The van der Waals surface area contributed by atoms with Gasteiger partial charge >= 0.3 is 12.1 Å². The van der Waals surface area contributed by atoms with E-state index < -0.39 is 12.1 Å². The van der Waals surface area contributed by atoms with Crippen LogP contribution in [0.4, 0.5) is 4.79 Å². The number of aromatic nitrogens is 2. The average Bonchev–Trinajstić information content (AvgIpc) is 3.45. The number of methoxy groups -OCH3 is 1. The Morgan fingerprint density at radius 2 is 2.06 bits per heavy atom. The van der Waals surface area contributed by atoms with Crippen LogP contribution in [0.2, 0.25) is 5.02 Å². The van der Waals surface area contributed by atoms with E-state index in [0.29, 0.717) is 11.6 Å². The molecule has 180 valence electrons. The number of nitrogens with zero attached hydrogens (tertiary/aromatic N) is 2. The molecule has 35 heavy (non-hydrogen) atoms. The van der Waals surface area contributed by atoms with Gasteiger partial charge in [0.1, 0.15) is 12.9 Å². The van der Waals surface area contributed by atoms with Gasteiger partial charge in [-0.2, -0.15) is 0 Å². The quantitative estimate of drug-likeness (QED) is 0.332. The molecule has 0 bridgehead atoms. The third-order valence-corrected chi connectivity index (χ3v) is 5.57. The number of ether oxygens (including phenoxy) is 2. The number of oxazole rings is 1. The molecule has 0 fully saturated rings. The van der Waals surface area contributed by atoms with E-state index in [1.165, 1.54) is 30.6 Å². The lowest BCUT2D eigenvalue weighted by Crippen LogP contribution is -2.22. The van der Waals surface area contributed by atoms with Crippen molar-refractivity contribution in [2.75, 3.05) is 13.7 Å². The second-order valence-electron chi connectivity index (χ2n) is 7.83. The molecule has 0 spiro atoms. The number of fused-ring (bicyclic) bond motifs is 1. The summed E-state index contributed by atoms with van der Waals surface area (Å²) in [5.74, 6) is -0.407. The van der Waals surface area contributed by atoms with Gasteiger partial charge < -0.3 is 23.8 Å². The zero-order chi connectivity index (χ0) is 24.8. The highest BCUT2D eigenvalue weighted by atomic mass is 35.5. The molecule has 1 N–H and O–H groups in total. The number of halogens is 1. The number of benzene rings is 2. The summed E-state index contributed by atoms with van der Waals surface area (Å²) in [5, 5.41) is 3.92. The summed E-state index contributed by atoms with van der Waals surface area (Å²) in [6.07, 6.45) is 5.71. The predicted molar refractivity (Wildman–Crippen MR) is 132 cm³/mol. The molecule has 2 aromatic carbocycles. The van der Waals surface area contributed by atoms with E-state index in [4.69, 9.17) is 20.8 Å². The Balaban J connectivity index is 1.43. The normalized spacial score (nSPS) is 11.2. The highest BCUT2D eigenvalue weighted by Crippen LogP contribution is 2.30. The van der Waals surface area contributed by atoms with E-state index in [1.807, 2.05) is 30.5 Å². The van der Waals surface area contributed by atoms with Gasteiger partial charge in [-0.25, -0.2) is 14.6 Å². The van der Waals surface area contributed by atoms with Gasteiger partial charge in [0.05, 0.1) is 17.6 Å². The van der Waals surface area contributed by atoms with E-state index >= 15 is 0 Å². The first-order valence-corrected chi connectivity index (χ1v) is 11.2. The molecule has 2 heterocycles. The number of alkyl carbamates (subject to hydrolysis) is 1. The molecular weight excluding hydrogens is 470 g/mol. The van der Waals surface area contributed by atoms with Crippen LogP contribution in [0.3, 0.4) is 0 Å². The molecular formula is C26H24ClN3O5. The number of rotatable bonds is 8. The van der Waals surface area contributed by atoms with Crippen LogP contribution in [0.25, 0.3) is 17.0 Å². The van der Waals surface area contributed by atoms with Crippen LogP contribution in [-0.2, 0) is 22.6 Å². The lowest BCUT2D eigenvalue weighted by molar-refractivity contribution is 0.0467. The molecule has 1 amide bonds. The molecule has 0 unspecified atom stereocenters. The van der Waals surface area contributed by atoms with Crippen LogP contribution < -0.4 is 5.32 Å². The van der Waals surface area contributed by atoms with Crippen molar-refractivity contribution >= 4 is 40.6 Å². The van der Waals surface area contributed by atoms with Crippen LogP contribution in [0.5, 0.6) is 0 Å². The smallest absolute Gasteiger partial charge is 0.407 e. The summed E-state index contributed by atoms with van der Waals surface area (Å²) in [7, 11) is 1.28. The van der Waals surface area contributed by atoms with Crippen molar-refractivity contribution in [3.05, 3.63) is 94.3 Å². The van der Waals surface area contributed by atoms with E-state index in [-0.39, 0.29) is 24.7 Å². The van der Waals surface area contributed by atoms with Crippen molar-refractivity contribution < 1.29 is 23.5 Å². The summed E-state index contributed by atoms with van der Waals surface area (Å²) in [5.41, 5.74) is 4.16. The maximum atomic E-state index is 12.5. The second kappa shape index (κ2) is 10.9. The third kappa shape index (κ3) is 5.91. The lowest BCUT2D eigenvalue weighted by Gasteiger charge is -2.08. The summed E-state index contributed by atoms with van der Waals surface area (Å²) >= 11 is 6.57. The minimum Gasteiger partial charge on any atom is -0.456 e. The molecule has 0 atom stereocenters. The van der Waals surface area contributed by atoms with Crippen molar-refractivity contribution in [3.63, 3.8) is 0 Å². The molecule has 0 radical (unpaired) electrons. The maximum absolute atomic E-state index is 12.5. The largest absolute Gasteiger partial charge is 0.456 e. The zero-order valence-corrected chi connectivity index (χ0v) is 20.0. The summed E-state index contributed by atoms with van der Waals surface area (Å²) in [6.45, 7) is 3.00. The van der Waals surface area contributed by atoms with Crippen LogP contribution in [0.15, 0.2) is 65.4 Å². The standard InChI is InChI=1S/C26H24ClN3O5/c1-17-6-3-7-18(12-17)13-30-14-20(27)24-19(8-4-9-22(24)30)15-35-25(31)21-16-34-23(29-21)10-5-11-28-26(32)33-2/h3-10,12,14,16H,11,13,15H2,1-2H3,(H,28,32)/b10-5-. The Morgan fingerprint density at radius 1 is 1.23 bits per heavy atom. The monoisotopic (exact) mass is 493 g/mol. The van der Waals surface area contributed by atoms with Crippen LogP contribution in [0.1, 0.15) is 33.1 Å². The molecule has 0 aliphatic rings. The number of carbonyl (C=O) groups excluding carboxylic acids is 2. The molecule has 4 rings (SSSR count). The van der Waals surface area contributed by atoms with E-state index in [2.05, 4.69) is 44.7 Å². The Bertz CT molecular complexity index is 1390.